The normalized spacial score (nSPS) is 15.2. The third-order valence-electron chi connectivity index (χ3n) is 5.50. The first kappa shape index (κ1) is 21.3. The van der Waals surface area contributed by atoms with Crippen LogP contribution in [-0.2, 0) is 6.54 Å². The van der Waals surface area contributed by atoms with Gasteiger partial charge in [0, 0.05) is 35.2 Å². The van der Waals surface area contributed by atoms with E-state index in [0.717, 1.165) is 32.5 Å². The van der Waals surface area contributed by atoms with Crippen molar-refractivity contribution in [2.75, 3.05) is 25.9 Å². The molecule has 0 unspecified atom stereocenters. The molecular formula is C22H27N3O3S. The first-order valence-electron chi connectivity index (χ1n) is 9.85. The summed E-state index contributed by atoms with van der Waals surface area (Å²) in [7, 11) is 0. The molecule has 154 valence electrons. The molecule has 6 nitrogen and oxygen atoms in total. The predicted octanol–water partition coefficient (Wildman–Crippen LogP) is 4.27. The first-order valence-corrected chi connectivity index (χ1v) is 11.1. The number of nitrogens with one attached hydrogen (secondary N) is 1. The standard InChI is InChI=1S/C22H27N3O3S/c1-16-13-18(7-8-20(16)25(27)28)22(26)23-14-17-9-11-24(12-10-17)15-19-5-3-4-6-21(19)29-2/h3-8,13,17H,9-12,14-15H2,1-2H3,(H,23,26). The Kier molecular flexibility index (Phi) is 7.28. The Morgan fingerprint density at radius 3 is 2.62 bits per heavy atom. The molecule has 1 fully saturated rings. The molecule has 0 aliphatic carbocycles. The van der Waals surface area contributed by atoms with Gasteiger partial charge in [-0.2, -0.15) is 0 Å². The van der Waals surface area contributed by atoms with Crippen molar-refractivity contribution >= 4 is 23.4 Å². The fourth-order valence-electron chi connectivity index (χ4n) is 3.76. The molecule has 0 saturated carbocycles. The summed E-state index contributed by atoms with van der Waals surface area (Å²) in [5.41, 5.74) is 2.39. The highest BCUT2D eigenvalue weighted by Crippen LogP contribution is 2.24. The van der Waals surface area contributed by atoms with Crippen molar-refractivity contribution in [1.82, 2.24) is 10.2 Å². The molecule has 2 aromatic carbocycles. The van der Waals surface area contributed by atoms with Gasteiger partial charge in [0.2, 0.25) is 0 Å². The van der Waals surface area contributed by atoms with Crippen LogP contribution < -0.4 is 5.32 Å². The second kappa shape index (κ2) is 9.89. The van der Waals surface area contributed by atoms with Crippen LogP contribution in [0.25, 0.3) is 0 Å². The van der Waals surface area contributed by atoms with Crippen molar-refractivity contribution in [1.29, 1.82) is 0 Å². The van der Waals surface area contributed by atoms with E-state index in [2.05, 4.69) is 40.7 Å². The van der Waals surface area contributed by atoms with E-state index in [0.29, 0.717) is 23.6 Å². The molecule has 0 spiro atoms. The Balaban J connectivity index is 1.47. The lowest BCUT2D eigenvalue weighted by atomic mass is 9.96. The number of amides is 1. The number of likely N-dealkylation sites (tertiary alicyclic amines) is 1. The van der Waals surface area contributed by atoms with E-state index in [9.17, 15) is 14.9 Å². The third-order valence-corrected chi connectivity index (χ3v) is 6.34. The topological polar surface area (TPSA) is 75.5 Å². The predicted molar refractivity (Wildman–Crippen MR) is 116 cm³/mol. The van der Waals surface area contributed by atoms with Gasteiger partial charge in [-0.15, -0.1) is 11.8 Å². The Bertz CT molecular complexity index is 879. The van der Waals surface area contributed by atoms with Gasteiger partial charge in [0.05, 0.1) is 4.92 Å². The molecule has 1 heterocycles. The summed E-state index contributed by atoms with van der Waals surface area (Å²) in [5.74, 6) is 0.296. The molecule has 1 aliphatic rings. The van der Waals surface area contributed by atoms with Crippen molar-refractivity contribution in [3.05, 3.63) is 69.3 Å². The summed E-state index contributed by atoms with van der Waals surface area (Å²) in [4.78, 5) is 26.7. The smallest absolute Gasteiger partial charge is 0.272 e. The maximum absolute atomic E-state index is 12.4. The van der Waals surface area contributed by atoms with Crippen LogP contribution in [0, 0.1) is 23.0 Å². The Labute approximate surface area is 175 Å². The van der Waals surface area contributed by atoms with E-state index in [1.165, 1.54) is 22.6 Å². The van der Waals surface area contributed by atoms with Crippen LogP contribution in [-0.4, -0.2) is 41.6 Å². The van der Waals surface area contributed by atoms with Gasteiger partial charge < -0.3 is 5.32 Å². The van der Waals surface area contributed by atoms with Crippen molar-refractivity contribution in [2.24, 2.45) is 5.92 Å². The van der Waals surface area contributed by atoms with E-state index in [4.69, 9.17) is 0 Å². The van der Waals surface area contributed by atoms with E-state index in [-0.39, 0.29) is 11.6 Å². The van der Waals surface area contributed by atoms with Gasteiger partial charge in [0.25, 0.3) is 11.6 Å². The number of nitrogens with zero attached hydrogens (tertiary/aromatic N) is 2. The average molecular weight is 414 g/mol. The first-order chi connectivity index (χ1) is 14.0. The molecule has 7 heteroatoms. The molecule has 1 amide bonds. The SMILES string of the molecule is CSc1ccccc1CN1CCC(CNC(=O)c2ccc([N+](=O)[O-])c(C)c2)CC1. The molecule has 2 aromatic rings. The lowest BCUT2D eigenvalue weighted by molar-refractivity contribution is -0.385. The van der Waals surface area contributed by atoms with Crippen LogP contribution in [0.3, 0.4) is 0 Å². The van der Waals surface area contributed by atoms with Gasteiger partial charge in [-0.05, 0) is 68.8 Å². The second-order valence-electron chi connectivity index (χ2n) is 7.50. The number of piperidine rings is 1. The largest absolute Gasteiger partial charge is 0.352 e. The van der Waals surface area contributed by atoms with E-state index >= 15 is 0 Å². The van der Waals surface area contributed by atoms with Crippen LogP contribution in [0.4, 0.5) is 5.69 Å². The monoisotopic (exact) mass is 413 g/mol. The maximum atomic E-state index is 12.4. The van der Waals surface area contributed by atoms with Crippen LogP contribution >= 0.6 is 11.8 Å². The lowest BCUT2D eigenvalue weighted by Gasteiger charge is -2.32. The number of hydrogen-bond acceptors (Lipinski definition) is 5. The molecule has 1 aliphatic heterocycles. The molecule has 29 heavy (non-hydrogen) atoms. The maximum Gasteiger partial charge on any atom is 0.272 e. The van der Waals surface area contributed by atoms with Crippen LogP contribution in [0.2, 0.25) is 0 Å². The van der Waals surface area contributed by atoms with Crippen molar-refractivity contribution in [3.8, 4) is 0 Å². The summed E-state index contributed by atoms with van der Waals surface area (Å²) in [6, 6.07) is 13.0. The minimum absolute atomic E-state index is 0.0389. The summed E-state index contributed by atoms with van der Waals surface area (Å²) in [6.45, 7) is 5.32. The zero-order chi connectivity index (χ0) is 20.8. The number of nitro benzene ring substituents is 1. The summed E-state index contributed by atoms with van der Waals surface area (Å²) in [6.07, 6.45) is 4.22. The Morgan fingerprint density at radius 2 is 1.97 bits per heavy atom. The third kappa shape index (κ3) is 5.58. The minimum atomic E-state index is -0.428. The molecule has 0 aromatic heterocycles. The lowest BCUT2D eigenvalue weighted by Crippen LogP contribution is -2.38. The van der Waals surface area contributed by atoms with Gasteiger partial charge in [-0.1, -0.05) is 18.2 Å². The highest BCUT2D eigenvalue weighted by atomic mass is 32.2. The minimum Gasteiger partial charge on any atom is -0.352 e. The number of hydrogen-bond donors (Lipinski definition) is 1. The number of carbonyl (C=O) groups excluding carboxylic acids is 1. The molecule has 1 N–H and O–H groups in total. The van der Waals surface area contributed by atoms with Crippen LogP contribution in [0.1, 0.15) is 34.3 Å². The molecule has 0 atom stereocenters. The number of aryl methyl sites for hydroxylation is 1. The van der Waals surface area contributed by atoms with Crippen molar-refractivity contribution in [2.45, 2.75) is 31.2 Å². The number of benzene rings is 2. The van der Waals surface area contributed by atoms with E-state index < -0.39 is 4.92 Å². The fourth-order valence-corrected chi connectivity index (χ4v) is 4.37. The molecule has 0 radical (unpaired) electrons. The van der Waals surface area contributed by atoms with Gasteiger partial charge in [0.15, 0.2) is 0 Å². The van der Waals surface area contributed by atoms with Gasteiger partial charge in [-0.25, -0.2) is 0 Å². The van der Waals surface area contributed by atoms with Gasteiger partial charge >= 0.3 is 0 Å². The van der Waals surface area contributed by atoms with Gasteiger partial charge in [-0.3, -0.25) is 19.8 Å². The van der Waals surface area contributed by atoms with E-state index in [1.807, 2.05) is 0 Å². The molecule has 3 rings (SSSR count). The van der Waals surface area contributed by atoms with Crippen LogP contribution in [0.5, 0.6) is 0 Å². The summed E-state index contributed by atoms with van der Waals surface area (Å²) >= 11 is 1.79. The Hall–Kier alpha value is -2.38. The number of thioether (sulfide) groups is 1. The highest BCUT2D eigenvalue weighted by Gasteiger charge is 2.21. The quantitative estimate of drug-likeness (QED) is 0.417. The van der Waals surface area contributed by atoms with Crippen molar-refractivity contribution < 1.29 is 9.72 Å². The summed E-state index contributed by atoms with van der Waals surface area (Å²) in [5, 5.41) is 13.9. The molecule has 1 saturated heterocycles. The van der Waals surface area contributed by atoms with Gasteiger partial charge in [0.1, 0.15) is 0 Å². The number of nitro groups is 1. The number of rotatable bonds is 7. The fraction of sp³-hybridized carbons (Fsp3) is 0.409. The zero-order valence-electron chi connectivity index (χ0n) is 16.9. The second-order valence-corrected chi connectivity index (χ2v) is 8.35. The average Bonchev–Trinajstić information content (AvgIpc) is 2.73. The van der Waals surface area contributed by atoms with E-state index in [1.54, 1.807) is 24.8 Å². The molecule has 0 bridgehead atoms. The van der Waals surface area contributed by atoms with Crippen LogP contribution in [0.15, 0.2) is 47.4 Å². The zero-order valence-corrected chi connectivity index (χ0v) is 17.7. The summed E-state index contributed by atoms with van der Waals surface area (Å²) < 4.78 is 0. The van der Waals surface area contributed by atoms with Crippen molar-refractivity contribution in [3.63, 3.8) is 0 Å². The molecular weight excluding hydrogens is 386 g/mol. The highest BCUT2D eigenvalue weighted by molar-refractivity contribution is 7.98. The number of carbonyl (C=O) groups is 1. The Morgan fingerprint density at radius 1 is 1.24 bits per heavy atom.